The zero-order valence-corrected chi connectivity index (χ0v) is 13.2. The third-order valence-corrected chi connectivity index (χ3v) is 5.24. The third kappa shape index (κ3) is 4.58. The first-order valence-corrected chi connectivity index (χ1v) is 8.70. The van der Waals surface area contributed by atoms with E-state index in [-0.39, 0.29) is 13.2 Å². The van der Waals surface area contributed by atoms with Crippen molar-refractivity contribution in [2.75, 3.05) is 19.7 Å². The second-order valence-electron chi connectivity index (χ2n) is 4.83. The van der Waals surface area contributed by atoms with Crippen molar-refractivity contribution in [1.29, 1.82) is 0 Å². The smallest absolute Gasteiger partial charge is 0.243 e. The SMILES string of the molecule is CCCCCN(CCO)S(=O)(=O)c1ccc(CC)cc1. The van der Waals surface area contributed by atoms with Gasteiger partial charge in [0.15, 0.2) is 0 Å². The van der Waals surface area contributed by atoms with E-state index in [2.05, 4.69) is 6.92 Å². The maximum absolute atomic E-state index is 12.5. The number of rotatable bonds is 9. The molecule has 0 radical (unpaired) electrons. The summed E-state index contributed by atoms with van der Waals surface area (Å²) in [4.78, 5) is 0.305. The number of aliphatic hydroxyl groups excluding tert-OH is 1. The number of benzene rings is 1. The van der Waals surface area contributed by atoms with E-state index in [1.807, 2.05) is 19.1 Å². The maximum Gasteiger partial charge on any atom is 0.243 e. The van der Waals surface area contributed by atoms with E-state index in [0.717, 1.165) is 31.2 Å². The Morgan fingerprint density at radius 3 is 2.20 bits per heavy atom. The van der Waals surface area contributed by atoms with Gasteiger partial charge in [0.05, 0.1) is 11.5 Å². The summed E-state index contributed by atoms with van der Waals surface area (Å²) in [6, 6.07) is 6.99. The molecule has 0 saturated heterocycles. The molecule has 1 rings (SSSR count). The molecule has 0 bridgehead atoms. The predicted molar refractivity (Wildman–Crippen MR) is 81.2 cm³/mol. The van der Waals surface area contributed by atoms with Crippen LogP contribution in [0.25, 0.3) is 0 Å². The van der Waals surface area contributed by atoms with E-state index in [1.165, 1.54) is 4.31 Å². The molecule has 0 amide bonds. The standard InChI is InChI=1S/C15H25NO3S/c1-3-5-6-11-16(12-13-17)20(18,19)15-9-7-14(4-2)8-10-15/h7-10,17H,3-6,11-13H2,1-2H3. The topological polar surface area (TPSA) is 57.6 Å². The molecule has 0 aliphatic rings. The minimum atomic E-state index is -3.50. The minimum Gasteiger partial charge on any atom is -0.395 e. The monoisotopic (exact) mass is 299 g/mol. The van der Waals surface area contributed by atoms with Crippen LogP contribution in [-0.2, 0) is 16.4 Å². The average molecular weight is 299 g/mol. The minimum absolute atomic E-state index is 0.154. The Hall–Kier alpha value is -0.910. The first-order chi connectivity index (χ1) is 9.56. The van der Waals surface area contributed by atoms with Crippen LogP contribution in [0, 0.1) is 0 Å². The lowest BCUT2D eigenvalue weighted by Gasteiger charge is -2.21. The van der Waals surface area contributed by atoms with Gasteiger partial charge in [-0.2, -0.15) is 4.31 Å². The van der Waals surface area contributed by atoms with E-state index >= 15 is 0 Å². The van der Waals surface area contributed by atoms with Crippen LogP contribution in [0.5, 0.6) is 0 Å². The summed E-state index contributed by atoms with van der Waals surface area (Å²) in [5.41, 5.74) is 1.11. The van der Waals surface area contributed by atoms with Gasteiger partial charge in [-0.1, -0.05) is 38.8 Å². The third-order valence-electron chi connectivity index (χ3n) is 3.33. The highest BCUT2D eigenvalue weighted by Crippen LogP contribution is 2.17. The van der Waals surface area contributed by atoms with Crippen molar-refractivity contribution in [3.05, 3.63) is 29.8 Å². The summed E-state index contributed by atoms with van der Waals surface area (Å²) >= 11 is 0. The van der Waals surface area contributed by atoms with E-state index in [1.54, 1.807) is 12.1 Å². The molecule has 0 aliphatic heterocycles. The van der Waals surface area contributed by atoms with Crippen LogP contribution < -0.4 is 0 Å². The Morgan fingerprint density at radius 2 is 1.70 bits per heavy atom. The molecular formula is C15H25NO3S. The van der Waals surface area contributed by atoms with Crippen LogP contribution >= 0.6 is 0 Å². The molecular weight excluding hydrogens is 274 g/mol. The summed E-state index contributed by atoms with van der Waals surface area (Å²) in [5, 5.41) is 9.08. The van der Waals surface area contributed by atoms with E-state index in [0.29, 0.717) is 11.4 Å². The van der Waals surface area contributed by atoms with E-state index in [4.69, 9.17) is 5.11 Å². The Morgan fingerprint density at radius 1 is 1.05 bits per heavy atom. The van der Waals surface area contributed by atoms with Gasteiger partial charge in [0.25, 0.3) is 0 Å². The Kier molecular flexibility index (Phi) is 7.19. The quantitative estimate of drug-likeness (QED) is 0.712. The van der Waals surface area contributed by atoms with Gasteiger partial charge in [-0.05, 0) is 30.5 Å². The van der Waals surface area contributed by atoms with Gasteiger partial charge in [-0.15, -0.1) is 0 Å². The fraction of sp³-hybridized carbons (Fsp3) is 0.600. The van der Waals surface area contributed by atoms with Crippen LogP contribution in [0.4, 0.5) is 0 Å². The molecule has 0 spiro atoms. The normalized spacial score (nSPS) is 12.0. The first kappa shape index (κ1) is 17.1. The van der Waals surface area contributed by atoms with Crippen LogP contribution in [0.1, 0.15) is 38.7 Å². The van der Waals surface area contributed by atoms with E-state index < -0.39 is 10.0 Å². The van der Waals surface area contributed by atoms with Gasteiger partial charge >= 0.3 is 0 Å². The van der Waals surface area contributed by atoms with Crippen molar-refractivity contribution in [1.82, 2.24) is 4.31 Å². The summed E-state index contributed by atoms with van der Waals surface area (Å²) in [7, 11) is -3.50. The second kappa shape index (κ2) is 8.39. The molecule has 0 unspecified atom stereocenters. The van der Waals surface area contributed by atoms with Gasteiger partial charge < -0.3 is 5.11 Å². The molecule has 0 fully saturated rings. The fourth-order valence-corrected chi connectivity index (χ4v) is 3.52. The van der Waals surface area contributed by atoms with Gasteiger partial charge in [0.1, 0.15) is 0 Å². The first-order valence-electron chi connectivity index (χ1n) is 7.26. The number of aliphatic hydroxyl groups is 1. The van der Waals surface area contributed by atoms with Crippen LogP contribution in [0.3, 0.4) is 0 Å². The fourth-order valence-electron chi connectivity index (χ4n) is 2.05. The molecule has 0 atom stereocenters. The number of hydrogen-bond donors (Lipinski definition) is 1. The summed E-state index contributed by atoms with van der Waals surface area (Å²) in [6.45, 7) is 4.58. The van der Waals surface area contributed by atoms with Crippen molar-refractivity contribution in [3.63, 3.8) is 0 Å². The van der Waals surface area contributed by atoms with Crippen molar-refractivity contribution in [3.8, 4) is 0 Å². The van der Waals surface area contributed by atoms with Crippen LogP contribution in [0.15, 0.2) is 29.2 Å². The van der Waals surface area contributed by atoms with Crippen LogP contribution in [-0.4, -0.2) is 37.5 Å². The lowest BCUT2D eigenvalue weighted by molar-refractivity contribution is 0.252. The van der Waals surface area contributed by atoms with Gasteiger partial charge in [0, 0.05) is 13.1 Å². The average Bonchev–Trinajstić information content (AvgIpc) is 2.46. The number of nitrogens with zero attached hydrogens (tertiary/aromatic N) is 1. The molecule has 0 saturated carbocycles. The zero-order valence-electron chi connectivity index (χ0n) is 12.4. The molecule has 1 aromatic carbocycles. The Bertz CT molecular complexity index is 482. The highest BCUT2D eigenvalue weighted by molar-refractivity contribution is 7.89. The van der Waals surface area contributed by atoms with Crippen LogP contribution in [0.2, 0.25) is 0 Å². The van der Waals surface area contributed by atoms with Crippen molar-refractivity contribution in [2.24, 2.45) is 0 Å². The van der Waals surface area contributed by atoms with Gasteiger partial charge in [0.2, 0.25) is 10.0 Å². The molecule has 4 nitrogen and oxygen atoms in total. The second-order valence-corrected chi connectivity index (χ2v) is 6.77. The molecule has 1 N–H and O–H groups in total. The molecule has 20 heavy (non-hydrogen) atoms. The lowest BCUT2D eigenvalue weighted by atomic mass is 10.2. The van der Waals surface area contributed by atoms with Gasteiger partial charge in [-0.3, -0.25) is 0 Å². The molecule has 0 heterocycles. The molecule has 114 valence electrons. The highest BCUT2D eigenvalue weighted by atomic mass is 32.2. The summed E-state index contributed by atoms with van der Waals surface area (Å²) in [5.74, 6) is 0. The molecule has 1 aromatic rings. The molecule has 0 aliphatic carbocycles. The Labute approximate surface area is 122 Å². The van der Waals surface area contributed by atoms with Crippen molar-refractivity contribution < 1.29 is 13.5 Å². The maximum atomic E-state index is 12.5. The van der Waals surface area contributed by atoms with Crippen molar-refractivity contribution >= 4 is 10.0 Å². The number of sulfonamides is 1. The predicted octanol–water partition coefficient (Wildman–Crippen LogP) is 2.42. The van der Waals surface area contributed by atoms with Crippen molar-refractivity contribution in [2.45, 2.75) is 44.4 Å². The van der Waals surface area contributed by atoms with E-state index in [9.17, 15) is 8.42 Å². The van der Waals surface area contributed by atoms with Gasteiger partial charge in [-0.25, -0.2) is 8.42 Å². The lowest BCUT2D eigenvalue weighted by Crippen LogP contribution is -2.34. The number of hydrogen-bond acceptors (Lipinski definition) is 3. The number of aryl methyl sites for hydroxylation is 1. The summed E-state index contributed by atoms with van der Waals surface area (Å²) < 4.78 is 26.4. The molecule has 5 heteroatoms. The largest absolute Gasteiger partial charge is 0.395 e. The Balaban J connectivity index is 2.89. The highest BCUT2D eigenvalue weighted by Gasteiger charge is 2.23. The zero-order chi connectivity index (χ0) is 15.0. The summed E-state index contributed by atoms with van der Waals surface area (Å²) in [6.07, 6.45) is 3.74. The molecule has 0 aromatic heterocycles. The number of unbranched alkanes of at least 4 members (excludes halogenated alkanes) is 2.